The maximum Gasteiger partial charge on any atom is 0.127 e. The van der Waals surface area contributed by atoms with Gasteiger partial charge in [0.15, 0.2) is 0 Å². The molecule has 1 aromatic heterocycles. The summed E-state index contributed by atoms with van der Waals surface area (Å²) in [5.41, 5.74) is 7.00. The standard InChI is InChI=1S/C11H19N3/c1-4-6-9(3)10-11(12)14(7-5-2)8-13-10/h5,8-9H,2,4,6-7,12H2,1,3H3. The molecule has 1 aromatic rings. The molecule has 1 rings (SSSR count). The first-order valence-corrected chi connectivity index (χ1v) is 5.12. The van der Waals surface area contributed by atoms with Crippen molar-refractivity contribution in [3.05, 3.63) is 24.7 Å². The molecule has 0 radical (unpaired) electrons. The number of aromatic nitrogens is 2. The van der Waals surface area contributed by atoms with Crippen LogP contribution in [0.3, 0.4) is 0 Å². The summed E-state index contributed by atoms with van der Waals surface area (Å²) in [7, 11) is 0. The average Bonchev–Trinajstić information content (AvgIpc) is 2.49. The number of hydrogen-bond donors (Lipinski definition) is 1. The first-order chi connectivity index (χ1) is 6.70. The largest absolute Gasteiger partial charge is 0.384 e. The van der Waals surface area contributed by atoms with Gasteiger partial charge in [-0.25, -0.2) is 4.98 Å². The lowest BCUT2D eigenvalue weighted by atomic mass is 10.0. The van der Waals surface area contributed by atoms with Crippen LogP contribution in [-0.4, -0.2) is 9.55 Å². The third kappa shape index (κ3) is 2.16. The molecule has 3 heteroatoms. The summed E-state index contributed by atoms with van der Waals surface area (Å²) in [6.45, 7) is 8.76. The second-order valence-electron chi connectivity index (χ2n) is 3.65. The van der Waals surface area contributed by atoms with Gasteiger partial charge in [-0.2, -0.15) is 0 Å². The van der Waals surface area contributed by atoms with Gasteiger partial charge >= 0.3 is 0 Å². The van der Waals surface area contributed by atoms with Crippen LogP contribution >= 0.6 is 0 Å². The molecule has 0 fully saturated rings. The molecule has 0 saturated heterocycles. The Labute approximate surface area is 85.6 Å². The summed E-state index contributed by atoms with van der Waals surface area (Å²) in [6.07, 6.45) is 5.91. The lowest BCUT2D eigenvalue weighted by Crippen LogP contribution is -2.03. The van der Waals surface area contributed by atoms with Gasteiger partial charge in [-0.1, -0.05) is 26.3 Å². The molecule has 0 aromatic carbocycles. The predicted octanol–water partition coefficient (Wildman–Crippen LogP) is 2.55. The lowest BCUT2D eigenvalue weighted by molar-refractivity contribution is 0.652. The molecule has 14 heavy (non-hydrogen) atoms. The Morgan fingerprint density at radius 1 is 1.71 bits per heavy atom. The fourth-order valence-corrected chi connectivity index (χ4v) is 1.64. The minimum Gasteiger partial charge on any atom is -0.384 e. The summed E-state index contributed by atoms with van der Waals surface area (Å²) in [4.78, 5) is 4.34. The van der Waals surface area contributed by atoms with E-state index in [0.717, 1.165) is 30.9 Å². The smallest absolute Gasteiger partial charge is 0.127 e. The van der Waals surface area contributed by atoms with E-state index in [1.165, 1.54) is 0 Å². The van der Waals surface area contributed by atoms with Crippen LogP contribution in [0, 0.1) is 0 Å². The fraction of sp³-hybridized carbons (Fsp3) is 0.545. The van der Waals surface area contributed by atoms with Crippen LogP contribution in [0.4, 0.5) is 5.82 Å². The summed E-state index contributed by atoms with van der Waals surface area (Å²) >= 11 is 0. The molecule has 1 heterocycles. The zero-order valence-electron chi connectivity index (χ0n) is 9.03. The van der Waals surface area contributed by atoms with Gasteiger partial charge in [0, 0.05) is 12.5 Å². The summed E-state index contributed by atoms with van der Waals surface area (Å²) in [5, 5.41) is 0. The van der Waals surface area contributed by atoms with E-state index in [9.17, 15) is 0 Å². The normalized spacial score (nSPS) is 12.7. The molecule has 0 aliphatic carbocycles. The molecular formula is C11H19N3. The minimum atomic E-state index is 0.450. The Hall–Kier alpha value is -1.25. The van der Waals surface area contributed by atoms with Crippen molar-refractivity contribution in [3.63, 3.8) is 0 Å². The van der Waals surface area contributed by atoms with E-state index in [2.05, 4.69) is 25.4 Å². The van der Waals surface area contributed by atoms with Crippen LogP contribution < -0.4 is 5.73 Å². The number of imidazole rings is 1. The lowest BCUT2D eigenvalue weighted by Gasteiger charge is -2.08. The van der Waals surface area contributed by atoms with Gasteiger partial charge in [0.05, 0.1) is 12.0 Å². The van der Waals surface area contributed by atoms with Gasteiger partial charge < -0.3 is 10.3 Å². The van der Waals surface area contributed by atoms with Crippen LogP contribution in [0.2, 0.25) is 0 Å². The molecule has 2 N–H and O–H groups in total. The van der Waals surface area contributed by atoms with Crippen molar-refractivity contribution in [3.8, 4) is 0 Å². The monoisotopic (exact) mass is 193 g/mol. The highest BCUT2D eigenvalue weighted by atomic mass is 15.1. The molecule has 1 unspecified atom stereocenters. The van der Waals surface area contributed by atoms with Crippen LogP contribution in [0.5, 0.6) is 0 Å². The third-order valence-electron chi connectivity index (χ3n) is 2.42. The average molecular weight is 193 g/mol. The first kappa shape index (κ1) is 10.8. The highest BCUT2D eigenvalue weighted by Gasteiger charge is 2.13. The quantitative estimate of drug-likeness (QED) is 0.730. The van der Waals surface area contributed by atoms with Crippen molar-refractivity contribution >= 4 is 5.82 Å². The molecule has 0 saturated carbocycles. The maximum atomic E-state index is 5.97. The van der Waals surface area contributed by atoms with Crippen molar-refractivity contribution in [1.82, 2.24) is 9.55 Å². The van der Waals surface area contributed by atoms with E-state index >= 15 is 0 Å². The SMILES string of the molecule is C=CCn1cnc(C(C)CCC)c1N. The molecule has 78 valence electrons. The van der Waals surface area contributed by atoms with Crippen LogP contribution in [0.25, 0.3) is 0 Å². The van der Waals surface area contributed by atoms with Gasteiger partial charge in [-0.3, -0.25) is 0 Å². The Morgan fingerprint density at radius 3 is 3.00 bits per heavy atom. The number of rotatable bonds is 5. The summed E-state index contributed by atoms with van der Waals surface area (Å²) in [6, 6.07) is 0. The molecule has 1 atom stereocenters. The third-order valence-corrected chi connectivity index (χ3v) is 2.42. The van der Waals surface area contributed by atoms with Gasteiger partial charge in [0.25, 0.3) is 0 Å². The Morgan fingerprint density at radius 2 is 2.43 bits per heavy atom. The second-order valence-corrected chi connectivity index (χ2v) is 3.65. The second kappa shape index (κ2) is 4.84. The fourth-order valence-electron chi connectivity index (χ4n) is 1.64. The molecular weight excluding hydrogens is 174 g/mol. The molecule has 0 bridgehead atoms. The zero-order valence-corrected chi connectivity index (χ0v) is 9.03. The summed E-state index contributed by atoms with van der Waals surface area (Å²) in [5.74, 6) is 1.23. The van der Waals surface area contributed by atoms with E-state index in [4.69, 9.17) is 5.73 Å². The van der Waals surface area contributed by atoms with E-state index in [0.29, 0.717) is 5.92 Å². The molecule has 0 aliphatic heterocycles. The van der Waals surface area contributed by atoms with Gasteiger partial charge in [0.1, 0.15) is 5.82 Å². The van der Waals surface area contributed by atoms with Crippen molar-refractivity contribution in [2.45, 2.75) is 39.2 Å². The molecule has 0 amide bonds. The number of hydrogen-bond acceptors (Lipinski definition) is 2. The van der Waals surface area contributed by atoms with Gasteiger partial charge in [-0.15, -0.1) is 6.58 Å². The van der Waals surface area contributed by atoms with Crippen molar-refractivity contribution in [1.29, 1.82) is 0 Å². The number of nitrogens with two attached hydrogens (primary N) is 1. The minimum absolute atomic E-state index is 0.450. The van der Waals surface area contributed by atoms with Crippen LogP contribution in [0.15, 0.2) is 19.0 Å². The molecule has 0 aliphatic rings. The number of nitrogen functional groups attached to an aromatic ring is 1. The highest BCUT2D eigenvalue weighted by molar-refractivity contribution is 5.38. The van der Waals surface area contributed by atoms with Crippen LogP contribution in [-0.2, 0) is 6.54 Å². The Kier molecular flexibility index (Phi) is 3.74. The van der Waals surface area contributed by atoms with E-state index < -0.39 is 0 Å². The number of allylic oxidation sites excluding steroid dienone is 1. The first-order valence-electron chi connectivity index (χ1n) is 5.12. The zero-order chi connectivity index (χ0) is 10.6. The number of nitrogens with zero attached hydrogens (tertiary/aromatic N) is 2. The van der Waals surface area contributed by atoms with Crippen molar-refractivity contribution in [2.24, 2.45) is 0 Å². The van der Waals surface area contributed by atoms with Crippen molar-refractivity contribution in [2.75, 3.05) is 5.73 Å². The Balaban J connectivity index is 2.82. The van der Waals surface area contributed by atoms with Gasteiger partial charge in [0.2, 0.25) is 0 Å². The Bertz CT molecular complexity index is 301. The van der Waals surface area contributed by atoms with E-state index in [1.807, 2.05) is 10.6 Å². The van der Waals surface area contributed by atoms with Crippen molar-refractivity contribution < 1.29 is 0 Å². The van der Waals surface area contributed by atoms with Crippen LogP contribution in [0.1, 0.15) is 38.3 Å². The van der Waals surface area contributed by atoms with E-state index in [-0.39, 0.29) is 0 Å². The summed E-state index contributed by atoms with van der Waals surface area (Å²) < 4.78 is 1.93. The highest BCUT2D eigenvalue weighted by Crippen LogP contribution is 2.24. The van der Waals surface area contributed by atoms with E-state index in [1.54, 1.807) is 6.33 Å². The predicted molar refractivity (Wildman–Crippen MR) is 60.2 cm³/mol. The topological polar surface area (TPSA) is 43.8 Å². The maximum absolute atomic E-state index is 5.97. The molecule has 0 spiro atoms. The van der Waals surface area contributed by atoms with Gasteiger partial charge in [-0.05, 0) is 6.42 Å². The molecule has 3 nitrogen and oxygen atoms in total. The number of anilines is 1.